The third-order valence-corrected chi connectivity index (χ3v) is 4.75. The Morgan fingerprint density at radius 2 is 1.04 bits per heavy atom. The van der Waals surface area contributed by atoms with Crippen LogP contribution in [0.15, 0.2) is 91.1 Å². The number of nitrogens with zero attached hydrogens (tertiary/aromatic N) is 1. The molecule has 132 valence electrons. The van der Waals surface area contributed by atoms with Crippen molar-refractivity contribution in [2.75, 3.05) is 7.11 Å². The minimum atomic E-state index is 0.869. The second kappa shape index (κ2) is 7.46. The Morgan fingerprint density at radius 1 is 0.556 bits per heavy atom. The largest absolute Gasteiger partial charge is 0.497 e. The first kappa shape index (κ1) is 17.0. The Labute approximate surface area is 160 Å². The van der Waals surface area contributed by atoms with Gasteiger partial charge in [-0.05, 0) is 41.8 Å². The van der Waals surface area contributed by atoms with Crippen LogP contribution in [0.4, 0.5) is 0 Å². The summed E-state index contributed by atoms with van der Waals surface area (Å²) in [6.07, 6.45) is 1.94. The van der Waals surface area contributed by atoms with Crippen molar-refractivity contribution in [3.8, 4) is 39.3 Å². The highest BCUT2D eigenvalue weighted by molar-refractivity contribution is 5.71. The molecule has 0 unspecified atom stereocenters. The second-order valence-electron chi connectivity index (χ2n) is 6.60. The molecule has 0 saturated carbocycles. The molecule has 0 N–H and O–H groups in total. The molecule has 4 rings (SSSR count). The Hall–Kier alpha value is -3.39. The first-order valence-electron chi connectivity index (χ1n) is 9.01. The van der Waals surface area contributed by atoms with Crippen molar-refractivity contribution in [1.82, 2.24) is 4.98 Å². The van der Waals surface area contributed by atoms with E-state index in [4.69, 9.17) is 4.74 Å². The van der Waals surface area contributed by atoms with Gasteiger partial charge in [0.1, 0.15) is 5.75 Å². The van der Waals surface area contributed by atoms with Crippen molar-refractivity contribution in [2.45, 2.75) is 6.92 Å². The normalized spacial score (nSPS) is 10.6. The highest BCUT2D eigenvalue weighted by Gasteiger charge is 2.04. The predicted octanol–water partition coefficient (Wildman–Crippen LogP) is 6.40. The van der Waals surface area contributed by atoms with E-state index in [9.17, 15) is 0 Å². The van der Waals surface area contributed by atoms with Gasteiger partial charge in [0.05, 0.1) is 12.8 Å². The maximum Gasteiger partial charge on any atom is 0.118 e. The molecule has 0 amide bonds. The Bertz CT molecular complexity index is 1020. The summed E-state index contributed by atoms with van der Waals surface area (Å²) in [5, 5.41) is 0. The number of aromatic nitrogens is 1. The average molecular weight is 351 g/mol. The quantitative estimate of drug-likeness (QED) is 0.424. The molecule has 2 heteroatoms. The van der Waals surface area contributed by atoms with Crippen molar-refractivity contribution in [3.63, 3.8) is 0 Å². The van der Waals surface area contributed by atoms with E-state index < -0.39 is 0 Å². The number of methoxy groups -OCH3 is 1. The zero-order valence-electron chi connectivity index (χ0n) is 15.5. The lowest BCUT2D eigenvalue weighted by atomic mass is 10.0. The molecular formula is C25H21NO. The monoisotopic (exact) mass is 351 g/mol. The van der Waals surface area contributed by atoms with E-state index in [1.54, 1.807) is 7.11 Å². The van der Waals surface area contributed by atoms with Gasteiger partial charge in [-0.15, -0.1) is 0 Å². The molecule has 3 aromatic carbocycles. The van der Waals surface area contributed by atoms with E-state index in [1.807, 2.05) is 18.3 Å². The van der Waals surface area contributed by atoms with E-state index in [0.717, 1.165) is 22.6 Å². The van der Waals surface area contributed by atoms with Crippen molar-refractivity contribution >= 4 is 0 Å². The molecular weight excluding hydrogens is 330 g/mol. The van der Waals surface area contributed by atoms with Gasteiger partial charge < -0.3 is 4.74 Å². The number of rotatable bonds is 4. The summed E-state index contributed by atoms with van der Waals surface area (Å²) < 4.78 is 5.22. The standard InChI is InChI=1S/C25H21NO/c1-18-3-5-21(6-4-18)23-13-16-25(26-17-23)22-9-7-19(8-10-22)20-11-14-24(27-2)15-12-20/h3-17H,1-2H3. The number of benzene rings is 3. The third kappa shape index (κ3) is 3.75. The maximum absolute atomic E-state index is 5.22. The number of ether oxygens (including phenoxy) is 1. The summed E-state index contributed by atoms with van der Waals surface area (Å²) >= 11 is 0. The molecule has 2 nitrogen and oxygen atoms in total. The van der Waals surface area contributed by atoms with Crippen LogP contribution in [0.5, 0.6) is 5.75 Å². The van der Waals surface area contributed by atoms with Gasteiger partial charge in [-0.1, -0.05) is 72.3 Å². The molecule has 0 atom stereocenters. The molecule has 27 heavy (non-hydrogen) atoms. The van der Waals surface area contributed by atoms with Gasteiger partial charge in [0.2, 0.25) is 0 Å². The van der Waals surface area contributed by atoms with Crippen molar-refractivity contribution in [3.05, 3.63) is 96.7 Å². The molecule has 0 spiro atoms. The van der Waals surface area contributed by atoms with E-state index in [0.29, 0.717) is 0 Å². The topological polar surface area (TPSA) is 22.1 Å². The zero-order valence-corrected chi connectivity index (χ0v) is 15.5. The van der Waals surface area contributed by atoms with Crippen molar-refractivity contribution < 1.29 is 4.74 Å². The van der Waals surface area contributed by atoms with Gasteiger partial charge in [0.15, 0.2) is 0 Å². The van der Waals surface area contributed by atoms with Crippen LogP contribution in [0.2, 0.25) is 0 Å². The summed E-state index contributed by atoms with van der Waals surface area (Å²) in [6, 6.07) is 29.3. The molecule has 0 fully saturated rings. The molecule has 4 aromatic rings. The smallest absolute Gasteiger partial charge is 0.118 e. The molecule has 0 aliphatic rings. The number of aryl methyl sites for hydroxylation is 1. The Morgan fingerprint density at radius 3 is 1.59 bits per heavy atom. The summed E-state index contributed by atoms with van der Waals surface area (Å²) in [5.41, 5.74) is 8.03. The van der Waals surface area contributed by atoms with E-state index in [1.165, 1.54) is 22.3 Å². The summed E-state index contributed by atoms with van der Waals surface area (Å²) in [6.45, 7) is 2.10. The lowest BCUT2D eigenvalue weighted by Gasteiger charge is -2.07. The number of hydrogen-bond acceptors (Lipinski definition) is 2. The highest BCUT2D eigenvalue weighted by Crippen LogP contribution is 2.27. The summed E-state index contributed by atoms with van der Waals surface area (Å²) in [7, 11) is 1.68. The zero-order chi connectivity index (χ0) is 18.6. The fourth-order valence-electron chi connectivity index (χ4n) is 3.10. The minimum absolute atomic E-state index is 0.869. The van der Waals surface area contributed by atoms with Crippen LogP contribution >= 0.6 is 0 Å². The van der Waals surface area contributed by atoms with E-state index in [2.05, 4.69) is 84.7 Å². The molecule has 0 radical (unpaired) electrons. The molecule has 1 heterocycles. The lowest BCUT2D eigenvalue weighted by Crippen LogP contribution is -1.86. The average Bonchev–Trinajstić information content (AvgIpc) is 2.75. The summed E-state index contributed by atoms with van der Waals surface area (Å²) in [5.74, 6) is 0.869. The molecule has 0 aliphatic carbocycles. The minimum Gasteiger partial charge on any atom is -0.497 e. The maximum atomic E-state index is 5.22. The van der Waals surface area contributed by atoms with Gasteiger partial charge in [-0.3, -0.25) is 4.98 Å². The van der Waals surface area contributed by atoms with Gasteiger partial charge in [0, 0.05) is 17.3 Å². The Balaban J connectivity index is 1.55. The van der Waals surface area contributed by atoms with E-state index >= 15 is 0 Å². The van der Waals surface area contributed by atoms with Crippen LogP contribution in [0.25, 0.3) is 33.5 Å². The predicted molar refractivity (Wildman–Crippen MR) is 112 cm³/mol. The molecule has 1 aromatic heterocycles. The fourth-order valence-corrected chi connectivity index (χ4v) is 3.10. The van der Waals surface area contributed by atoms with Gasteiger partial charge in [-0.2, -0.15) is 0 Å². The van der Waals surface area contributed by atoms with Gasteiger partial charge in [0.25, 0.3) is 0 Å². The second-order valence-corrected chi connectivity index (χ2v) is 6.60. The van der Waals surface area contributed by atoms with Gasteiger partial charge >= 0.3 is 0 Å². The molecule has 0 bridgehead atoms. The van der Waals surface area contributed by atoms with Gasteiger partial charge in [-0.25, -0.2) is 0 Å². The fraction of sp³-hybridized carbons (Fsp3) is 0.0800. The SMILES string of the molecule is COc1ccc(-c2ccc(-c3ccc(-c4ccc(C)cc4)cn3)cc2)cc1. The number of pyridine rings is 1. The van der Waals surface area contributed by atoms with Crippen LogP contribution in [-0.2, 0) is 0 Å². The van der Waals surface area contributed by atoms with Crippen LogP contribution in [0.1, 0.15) is 5.56 Å². The van der Waals surface area contributed by atoms with E-state index in [-0.39, 0.29) is 0 Å². The Kier molecular flexibility index (Phi) is 4.71. The van der Waals surface area contributed by atoms with Crippen molar-refractivity contribution in [2.24, 2.45) is 0 Å². The van der Waals surface area contributed by atoms with Crippen LogP contribution in [0.3, 0.4) is 0 Å². The van der Waals surface area contributed by atoms with Crippen molar-refractivity contribution in [1.29, 1.82) is 0 Å². The molecule has 0 saturated heterocycles. The number of hydrogen-bond donors (Lipinski definition) is 0. The van der Waals surface area contributed by atoms with Crippen LogP contribution in [-0.4, -0.2) is 12.1 Å². The lowest BCUT2D eigenvalue weighted by molar-refractivity contribution is 0.415. The first-order valence-corrected chi connectivity index (χ1v) is 9.01. The molecule has 0 aliphatic heterocycles. The van der Waals surface area contributed by atoms with Crippen LogP contribution < -0.4 is 4.74 Å². The van der Waals surface area contributed by atoms with Crippen LogP contribution in [0, 0.1) is 6.92 Å². The first-order chi connectivity index (χ1) is 13.2. The highest BCUT2D eigenvalue weighted by atomic mass is 16.5. The summed E-state index contributed by atoms with van der Waals surface area (Å²) in [4.78, 5) is 4.66. The third-order valence-electron chi connectivity index (χ3n) is 4.75.